The first-order chi connectivity index (χ1) is 7.39. The monoisotopic (exact) mass is 216 g/mol. The lowest BCUT2D eigenvalue weighted by Crippen LogP contribution is -2.20. The highest BCUT2D eigenvalue weighted by Crippen LogP contribution is 2.34. The Morgan fingerprint density at radius 3 is 2.62 bits per heavy atom. The average Bonchev–Trinajstić information content (AvgIpc) is 2.58. The number of fused-ring (bicyclic) bond motifs is 1. The van der Waals surface area contributed by atoms with E-state index in [2.05, 4.69) is 19.1 Å². The maximum Gasteiger partial charge on any atom is 0.168 e. The maximum atomic E-state index is 12.2. The maximum absolute atomic E-state index is 12.2. The number of hydrogen-bond donors (Lipinski definition) is 0. The van der Waals surface area contributed by atoms with Gasteiger partial charge in [-0.3, -0.25) is 4.79 Å². The standard InChI is InChI=1S/C15H20O/c1-10-5-6-11-7-8-12(9-13(10)11)14(16)15(2,3)4/h7-10H,5-6H2,1-4H3/t10-/m1/s1. The summed E-state index contributed by atoms with van der Waals surface area (Å²) < 4.78 is 0. The molecule has 0 saturated heterocycles. The van der Waals surface area contributed by atoms with Crippen LogP contribution in [0.4, 0.5) is 0 Å². The number of carbonyl (C=O) groups is 1. The summed E-state index contributed by atoms with van der Waals surface area (Å²) in [5.74, 6) is 0.858. The van der Waals surface area contributed by atoms with Gasteiger partial charge in [-0.15, -0.1) is 0 Å². The smallest absolute Gasteiger partial charge is 0.168 e. The lowest BCUT2D eigenvalue weighted by Gasteiger charge is -2.17. The molecule has 1 aliphatic carbocycles. The van der Waals surface area contributed by atoms with Crippen molar-refractivity contribution in [3.05, 3.63) is 34.9 Å². The van der Waals surface area contributed by atoms with Gasteiger partial charge in [-0.2, -0.15) is 0 Å². The molecule has 0 unspecified atom stereocenters. The largest absolute Gasteiger partial charge is 0.294 e. The van der Waals surface area contributed by atoms with E-state index in [0.717, 1.165) is 5.56 Å². The summed E-state index contributed by atoms with van der Waals surface area (Å²) in [7, 11) is 0. The summed E-state index contributed by atoms with van der Waals surface area (Å²) in [6.45, 7) is 8.18. The normalized spacial score (nSPS) is 19.6. The molecule has 2 rings (SSSR count). The molecule has 0 heterocycles. The van der Waals surface area contributed by atoms with Gasteiger partial charge in [0.1, 0.15) is 0 Å². The van der Waals surface area contributed by atoms with E-state index in [0.29, 0.717) is 5.92 Å². The Morgan fingerprint density at radius 1 is 1.31 bits per heavy atom. The van der Waals surface area contributed by atoms with Crippen molar-refractivity contribution in [3.63, 3.8) is 0 Å². The van der Waals surface area contributed by atoms with Crippen molar-refractivity contribution in [1.82, 2.24) is 0 Å². The zero-order valence-corrected chi connectivity index (χ0v) is 10.6. The fourth-order valence-electron chi connectivity index (χ4n) is 2.38. The highest BCUT2D eigenvalue weighted by Gasteiger charge is 2.25. The number of Topliss-reactive ketones (excluding diaryl/α,β-unsaturated/α-hetero) is 1. The Bertz CT molecular complexity index is 424. The van der Waals surface area contributed by atoms with Crippen LogP contribution in [0.5, 0.6) is 0 Å². The molecule has 0 N–H and O–H groups in total. The third-order valence-electron chi connectivity index (χ3n) is 3.47. The minimum Gasteiger partial charge on any atom is -0.294 e. The third kappa shape index (κ3) is 1.91. The Morgan fingerprint density at radius 2 is 2.00 bits per heavy atom. The van der Waals surface area contributed by atoms with Crippen LogP contribution in [0.25, 0.3) is 0 Å². The predicted molar refractivity (Wildman–Crippen MR) is 67.0 cm³/mol. The second kappa shape index (κ2) is 3.73. The van der Waals surface area contributed by atoms with Crippen molar-refractivity contribution in [3.8, 4) is 0 Å². The van der Waals surface area contributed by atoms with Gasteiger partial charge in [0, 0.05) is 11.0 Å². The molecule has 0 saturated carbocycles. The highest BCUT2D eigenvalue weighted by atomic mass is 16.1. The number of carbonyl (C=O) groups excluding carboxylic acids is 1. The molecule has 0 aliphatic heterocycles. The lowest BCUT2D eigenvalue weighted by atomic mass is 9.85. The fourth-order valence-corrected chi connectivity index (χ4v) is 2.38. The lowest BCUT2D eigenvalue weighted by molar-refractivity contribution is 0.0858. The van der Waals surface area contributed by atoms with Gasteiger partial charge < -0.3 is 0 Å². The first-order valence-electron chi connectivity index (χ1n) is 6.07. The van der Waals surface area contributed by atoms with Gasteiger partial charge >= 0.3 is 0 Å². The number of rotatable bonds is 1. The fraction of sp³-hybridized carbons (Fsp3) is 0.533. The van der Waals surface area contributed by atoms with Gasteiger partial charge in [0.25, 0.3) is 0 Å². The summed E-state index contributed by atoms with van der Waals surface area (Å²) in [5, 5.41) is 0. The first kappa shape index (κ1) is 11.4. The minimum absolute atomic E-state index is 0.245. The second-order valence-corrected chi connectivity index (χ2v) is 5.93. The van der Waals surface area contributed by atoms with E-state index in [1.807, 2.05) is 26.8 Å². The van der Waals surface area contributed by atoms with E-state index >= 15 is 0 Å². The van der Waals surface area contributed by atoms with Gasteiger partial charge in [0.15, 0.2) is 5.78 Å². The molecule has 0 aromatic heterocycles. The van der Waals surface area contributed by atoms with E-state index < -0.39 is 0 Å². The van der Waals surface area contributed by atoms with E-state index in [1.54, 1.807) is 0 Å². The Balaban J connectivity index is 2.39. The van der Waals surface area contributed by atoms with Crippen molar-refractivity contribution in [2.24, 2.45) is 5.41 Å². The van der Waals surface area contributed by atoms with Crippen molar-refractivity contribution >= 4 is 5.78 Å². The third-order valence-corrected chi connectivity index (χ3v) is 3.47. The zero-order valence-electron chi connectivity index (χ0n) is 10.6. The topological polar surface area (TPSA) is 17.1 Å². The van der Waals surface area contributed by atoms with Crippen LogP contribution in [0.3, 0.4) is 0 Å². The van der Waals surface area contributed by atoms with Crippen LogP contribution in [0.1, 0.15) is 61.5 Å². The molecule has 1 nitrogen and oxygen atoms in total. The van der Waals surface area contributed by atoms with Crippen LogP contribution in [-0.2, 0) is 6.42 Å². The van der Waals surface area contributed by atoms with Crippen LogP contribution in [0.2, 0.25) is 0 Å². The molecule has 16 heavy (non-hydrogen) atoms. The Kier molecular flexibility index (Phi) is 2.65. The summed E-state index contributed by atoms with van der Waals surface area (Å²) in [6.07, 6.45) is 2.39. The van der Waals surface area contributed by atoms with Crippen LogP contribution in [-0.4, -0.2) is 5.78 Å². The van der Waals surface area contributed by atoms with Crippen molar-refractivity contribution in [2.45, 2.75) is 46.5 Å². The van der Waals surface area contributed by atoms with Gasteiger partial charge in [-0.1, -0.05) is 39.8 Å². The molecule has 0 amide bonds. The highest BCUT2D eigenvalue weighted by molar-refractivity contribution is 6.00. The second-order valence-electron chi connectivity index (χ2n) is 5.93. The summed E-state index contributed by atoms with van der Waals surface area (Å²) in [6, 6.07) is 6.24. The van der Waals surface area contributed by atoms with Gasteiger partial charge in [-0.25, -0.2) is 0 Å². The molecular weight excluding hydrogens is 196 g/mol. The number of hydrogen-bond acceptors (Lipinski definition) is 1. The number of benzene rings is 1. The van der Waals surface area contributed by atoms with Gasteiger partial charge in [0.2, 0.25) is 0 Å². The number of aryl methyl sites for hydroxylation is 1. The minimum atomic E-state index is -0.282. The molecule has 1 aromatic rings. The molecule has 0 bridgehead atoms. The quantitative estimate of drug-likeness (QED) is 0.649. The molecular formula is C15H20O. The van der Waals surface area contributed by atoms with Gasteiger partial charge in [0.05, 0.1) is 0 Å². The average molecular weight is 216 g/mol. The van der Waals surface area contributed by atoms with E-state index in [-0.39, 0.29) is 11.2 Å². The van der Waals surface area contributed by atoms with Crippen LogP contribution in [0.15, 0.2) is 18.2 Å². The predicted octanol–water partition coefficient (Wildman–Crippen LogP) is 3.97. The molecule has 1 aliphatic rings. The molecule has 1 atom stereocenters. The summed E-state index contributed by atoms with van der Waals surface area (Å²) >= 11 is 0. The van der Waals surface area contributed by atoms with Crippen molar-refractivity contribution in [2.75, 3.05) is 0 Å². The van der Waals surface area contributed by atoms with Crippen LogP contribution in [0, 0.1) is 5.41 Å². The number of ketones is 1. The SMILES string of the molecule is C[C@@H]1CCc2ccc(C(=O)C(C)(C)C)cc21. The van der Waals surface area contributed by atoms with E-state index in [9.17, 15) is 4.79 Å². The molecule has 86 valence electrons. The molecule has 1 heteroatoms. The Hall–Kier alpha value is -1.11. The summed E-state index contributed by atoms with van der Waals surface area (Å²) in [5.41, 5.74) is 3.41. The zero-order chi connectivity index (χ0) is 11.9. The molecule has 1 aromatic carbocycles. The van der Waals surface area contributed by atoms with Crippen molar-refractivity contribution in [1.29, 1.82) is 0 Å². The van der Waals surface area contributed by atoms with E-state index in [1.165, 1.54) is 24.0 Å². The van der Waals surface area contributed by atoms with Crippen LogP contribution < -0.4 is 0 Å². The molecule has 0 spiro atoms. The first-order valence-corrected chi connectivity index (χ1v) is 6.07. The van der Waals surface area contributed by atoms with E-state index in [4.69, 9.17) is 0 Å². The van der Waals surface area contributed by atoms with Gasteiger partial charge in [-0.05, 0) is 36.0 Å². The molecule has 0 radical (unpaired) electrons. The van der Waals surface area contributed by atoms with Crippen LogP contribution >= 0.6 is 0 Å². The molecule has 0 fully saturated rings. The van der Waals surface area contributed by atoms with Crippen molar-refractivity contribution < 1.29 is 4.79 Å². The Labute approximate surface area is 97.9 Å². The summed E-state index contributed by atoms with van der Waals surface area (Å²) in [4.78, 5) is 12.2.